The molecular formula is C14H19BrClN. The molecule has 3 atom stereocenters. The fraction of sp³-hybridized carbons (Fsp3) is 0.571. The normalized spacial score (nSPS) is 29.1. The minimum Gasteiger partial charge on any atom is -0.382 e. The lowest BCUT2D eigenvalue weighted by Gasteiger charge is -2.33. The SMILES string of the molecule is CC1CCC(Nc2ccc(Br)c(Cl)c2)C(C)C1. The van der Waals surface area contributed by atoms with Gasteiger partial charge in [-0.15, -0.1) is 0 Å². The maximum atomic E-state index is 6.10. The summed E-state index contributed by atoms with van der Waals surface area (Å²) in [6.07, 6.45) is 3.91. The van der Waals surface area contributed by atoms with Crippen LogP contribution in [0.1, 0.15) is 33.1 Å². The largest absolute Gasteiger partial charge is 0.382 e. The van der Waals surface area contributed by atoms with E-state index in [0.29, 0.717) is 6.04 Å². The second-order valence-corrected chi connectivity index (χ2v) is 6.54. The second-order valence-electron chi connectivity index (χ2n) is 5.28. The zero-order valence-corrected chi connectivity index (χ0v) is 12.7. The predicted octanol–water partition coefficient (Wildman–Crippen LogP) is 5.34. The van der Waals surface area contributed by atoms with E-state index in [4.69, 9.17) is 11.6 Å². The Kier molecular flexibility index (Phi) is 4.37. The molecule has 3 heteroatoms. The van der Waals surface area contributed by atoms with Crippen LogP contribution in [0.5, 0.6) is 0 Å². The highest BCUT2D eigenvalue weighted by atomic mass is 79.9. The number of rotatable bonds is 2. The third kappa shape index (κ3) is 3.38. The number of hydrogen-bond acceptors (Lipinski definition) is 1. The van der Waals surface area contributed by atoms with E-state index in [1.165, 1.54) is 19.3 Å². The van der Waals surface area contributed by atoms with E-state index in [-0.39, 0.29) is 0 Å². The van der Waals surface area contributed by atoms with E-state index in [0.717, 1.165) is 27.0 Å². The molecule has 1 aliphatic carbocycles. The standard InChI is InChI=1S/C14H19BrClN/c1-9-3-6-14(10(2)7-9)17-11-4-5-12(15)13(16)8-11/h4-5,8-10,14,17H,3,6-7H2,1-2H3. The molecule has 1 saturated carbocycles. The Morgan fingerprint density at radius 3 is 2.71 bits per heavy atom. The van der Waals surface area contributed by atoms with E-state index >= 15 is 0 Å². The molecule has 0 heterocycles. The third-order valence-corrected chi connectivity index (χ3v) is 4.94. The molecule has 17 heavy (non-hydrogen) atoms. The monoisotopic (exact) mass is 315 g/mol. The van der Waals surface area contributed by atoms with Crippen molar-refractivity contribution in [1.29, 1.82) is 0 Å². The minimum atomic E-state index is 0.587. The van der Waals surface area contributed by atoms with Crippen LogP contribution in [0.3, 0.4) is 0 Å². The van der Waals surface area contributed by atoms with Crippen molar-refractivity contribution in [3.63, 3.8) is 0 Å². The van der Waals surface area contributed by atoms with Gasteiger partial charge in [-0.2, -0.15) is 0 Å². The van der Waals surface area contributed by atoms with Gasteiger partial charge in [-0.25, -0.2) is 0 Å². The van der Waals surface area contributed by atoms with Gasteiger partial charge >= 0.3 is 0 Å². The predicted molar refractivity (Wildman–Crippen MR) is 78.7 cm³/mol. The van der Waals surface area contributed by atoms with Crippen molar-refractivity contribution >= 4 is 33.2 Å². The summed E-state index contributed by atoms with van der Waals surface area (Å²) in [6, 6.07) is 6.67. The highest BCUT2D eigenvalue weighted by molar-refractivity contribution is 9.10. The summed E-state index contributed by atoms with van der Waals surface area (Å²) in [4.78, 5) is 0. The number of benzene rings is 1. The zero-order chi connectivity index (χ0) is 12.4. The van der Waals surface area contributed by atoms with Crippen LogP contribution in [0.25, 0.3) is 0 Å². The highest BCUT2D eigenvalue weighted by Gasteiger charge is 2.25. The molecule has 1 nitrogen and oxygen atoms in total. The minimum absolute atomic E-state index is 0.587. The summed E-state index contributed by atoms with van der Waals surface area (Å²) in [7, 11) is 0. The Labute approximate surface area is 117 Å². The van der Waals surface area contributed by atoms with E-state index in [2.05, 4.69) is 41.2 Å². The van der Waals surface area contributed by atoms with Gasteiger partial charge in [0.15, 0.2) is 0 Å². The van der Waals surface area contributed by atoms with Crippen molar-refractivity contribution in [3.05, 3.63) is 27.7 Å². The van der Waals surface area contributed by atoms with Crippen molar-refractivity contribution in [2.24, 2.45) is 11.8 Å². The first-order chi connectivity index (χ1) is 8.06. The Hall–Kier alpha value is -0.210. The van der Waals surface area contributed by atoms with Crippen LogP contribution in [-0.4, -0.2) is 6.04 Å². The van der Waals surface area contributed by atoms with Gasteiger partial charge in [-0.1, -0.05) is 25.4 Å². The number of anilines is 1. The Morgan fingerprint density at radius 1 is 1.29 bits per heavy atom. The lowest BCUT2D eigenvalue weighted by Crippen LogP contribution is -2.32. The maximum absolute atomic E-state index is 6.10. The molecule has 3 unspecified atom stereocenters. The average Bonchev–Trinajstić information content (AvgIpc) is 2.27. The van der Waals surface area contributed by atoms with Crippen LogP contribution in [0, 0.1) is 11.8 Å². The molecule has 2 rings (SSSR count). The molecule has 0 saturated heterocycles. The van der Waals surface area contributed by atoms with Crippen LogP contribution >= 0.6 is 27.5 Å². The van der Waals surface area contributed by atoms with Gasteiger partial charge in [0.25, 0.3) is 0 Å². The topological polar surface area (TPSA) is 12.0 Å². The smallest absolute Gasteiger partial charge is 0.0568 e. The molecule has 1 aromatic rings. The highest BCUT2D eigenvalue weighted by Crippen LogP contribution is 2.32. The first kappa shape index (κ1) is 13.2. The molecule has 94 valence electrons. The van der Waals surface area contributed by atoms with E-state index in [9.17, 15) is 0 Å². The summed E-state index contributed by atoms with van der Waals surface area (Å²) in [5.74, 6) is 1.61. The summed E-state index contributed by atoms with van der Waals surface area (Å²) in [5, 5.41) is 4.38. The van der Waals surface area contributed by atoms with Crippen LogP contribution in [0.2, 0.25) is 5.02 Å². The van der Waals surface area contributed by atoms with Crippen LogP contribution in [-0.2, 0) is 0 Å². The van der Waals surface area contributed by atoms with Gasteiger partial charge in [0, 0.05) is 16.2 Å². The van der Waals surface area contributed by atoms with Crippen molar-refractivity contribution in [1.82, 2.24) is 0 Å². The van der Waals surface area contributed by atoms with Gasteiger partial charge in [0.05, 0.1) is 5.02 Å². The van der Waals surface area contributed by atoms with Gasteiger partial charge in [0.2, 0.25) is 0 Å². The third-order valence-electron chi connectivity index (χ3n) is 3.70. The quantitative estimate of drug-likeness (QED) is 0.776. The molecular weight excluding hydrogens is 298 g/mol. The molecule has 0 aliphatic heterocycles. The average molecular weight is 317 g/mol. The molecule has 1 aromatic carbocycles. The summed E-state index contributed by atoms with van der Waals surface area (Å²) < 4.78 is 0.954. The summed E-state index contributed by atoms with van der Waals surface area (Å²) in [5.41, 5.74) is 1.13. The molecule has 0 aromatic heterocycles. The van der Waals surface area contributed by atoms with E-state index in [1.54, 1.807) is 0 Å². The fourth-order valence-electron chi connectivity index (χ4n) is 2.68. The van der Waals surface area contributed by atoms with Crippen LogP contribution < -0.4 is 5.32 Å². The van der Waals surface area contributed by atoms with Crippen LogP contribution in [0.4, 0.5) is 5.69 Å². The van der Waals surface area contributed by atoms with Crippen molar-refractivity contribution in [3.8, 4) is 0 Å². The Bertz CT molecular complexity index is 394. The fourth-order valence-corrected chi connectivity index (χ4v) is 3.11. The molecule has 0 amide bonds. The first-order valence-corrected chi connectivity index (χ1v) is 7.45. The van der Waals surface area contributed by atoms with E-state index < -0.39 is 0 Å². The molecule has 1 aliphatic rings. The summed E-state index contributed by atoms with van der Waals surface area (Å²) in [6.45, 7) is 4.69. The van der Waals surface area contributed by atoms with Crippen LogP contribution in [0.15, 0.2) is 22.7 Å². The van der Waals surface area contributed by atoms with Crippen molar-refractivity contribution in [2.45, 2.75) is 39.2 Å². The molecule has 1 N–H and O–H groups in total. The van der Waals surface area contributed by atoms with Crippen molar-refractivity contribution < 1.29 is 0 Å². The van der Waals surface area contributed by atoms with Crippen molar-refractivity contribution in [2.75, 3.05) is 5.32 Å². The maximum Gasteiger partial charge on any atom is 0.0568 e. The van der Waals surface area contributed by atoms with Gasteiger partial charge < -0.3 is 5.32 Å². The van der Waals surface area contributed by atoms with E-state index in [1.807, 2.05) is 12.1 Å². The Morgan fingerprint density at radius 2 is 2.06 bits per heavy atom. The molecule has 0 spiro atoms. The lowest BCUT2D eigenvalue weighted by molar-refractivity contribution is 0.276. The second kappa shape index (κ2) is 5.62. The van der Waals surface area contributed by atoms with Gasteiger partial charge in [-0.05, 0) is 65.2 Å². The van der Waals surface area contributed by atoms with Gasteiger partial charge in [0.1, 0.15) is 0 Å². The Balaban J connectivity index is 2.02. The molecule has 1 fully saturated rings. The number of halogens is 2. The summed E-state index contributed by atoms with van der Waals surface area (Å²) >= 11 is 9.52. The first-order valence-electron chi connectivity index (χ1n) is 6.28. The van der Waals surface area contributed by atoms with Gasteiger partial charge in [-0.3, -0.25) is 0 Å². The molecule has 0 radical (unpaired) electrons. The zero-order valence-electron chi connectivity index (χ0n) is 10.3. The molecule has 0 bridgehead atoms. The number of nitrogens with one attached hydrogen (secondary N) is 1. The number of hydrogen-bond donors (Lipinski definition) is 1. The lowest BCUT2D eigenvalue weighted by atomic mass is 9.80.